The Bertz CT molecular complexity index is 723. The number of benzene rings is 1. The number of carbonyl (C=O) groups excluding carboxylic acids is 1. The summed E-state index contributed by atoms with van der Waals surface area (Å²) >= 11 is 5.91. The third kappa shape index (κ3) is 4.70. The first-order valence-electron chi connectivity index (χ1n) is 7.74. The summed E-state index contributed by atoms with van der Waals surface area (Å²) < 4.78 is 0. The van der Waals surface area contributed by atoms with Crippen LogP contribution in [0.2, 0.25) is 5.02 Å². The zero-order valence-electron chi connectivity index (χ0n) is 13.4. The van der Waals surface area contributed by atoms with Crippen molar-refractivity contribution in [3.63, 3.8) is 0 Å². The van der Waals surface area contributed by atoms with E-state index in [1.54, 1.807) is 4.90 Å². The zero-order valence-corrected chi connectivity index (χ0v) is 14.2. The zero-order chi connectivity index (χ0) is 16.8. The lowest BCUT2D eigenvalue weighted by atomic mass is 10.1. The summed E-state index contributed by atoms with van der Waals surface area (Å²) in [7, 11) is 0. The van der Waals surface area contributed by atoms with Gasteiger partial charge < -0.3 is 9.88 Å². The van der Waals surface area contributed by atoms with Gasteiger partial charge in [0.1, 0.15) is 5.56 Å². The molecule has 1 aromatic carbocycles. The molecule has 2 aromatic rings. The summed E-state index contributed by atoms with van der Waals surface area (Å²) in [4.78, 5) is 28.9. The van der Waals surface area contributed by atoms with Crippen LogP contribution in [0, 0.1) is 6.92 Å². The van der Waals surface area contributed by atoms with E-state index < -0.39 is 5.56 Å². The largest absolute Gasteiger partial charge is 0.334 e. The molecule has 0 bridgehead atoms. The second kappa shape index (κ2) is 7.97. The van der Waals surface area contributed by atoms with Crippen LogP contribution < -0.4 is 5.56 Å². The second-order valence-electron chi connectivity index (χ2n) is 5.63. The van der Waals surface area contributed by atoms with E-state index in [1.165, 1.54) is 17.8 Å². The minimum Gasteiger partial charge on any atom is -0.334 e. The van der Waals surface area contributed by atoms with Gasteiger partial charge in [0.05, 0.1) is 5.02 Å². The van der Waals surface area contributed by atoms with Crippen LogP contribution in [0.3, 0.4) is 0 Å². The highest BCUT2D eigenvalue weighted by molar-refractivity contribution is 6.30. The first kappa shape index (κ1) is 17.3. The van der Waals surface area contributed by atoms with Crippen molar-refractivity contribution >= 4 is 17.5 Å². The Labute approximate surface area is 141 Å². The van der Waals surface area contributed by atoms with E-state index in [9.17, 15) is 9.59 Å². The molecule has 0 unspecified atom stereocenters. The van der Waals surface area contributed by atoms with Gasteiger partial charge in [0, 0.05) is 19.3 Å². The number of nitrogens with one attached hydrogen (secondary N) is 1. The summed E-state index contributed by atoms with van der Waals surface area (Å²) in [6.07, 6.45) is 3.25. The lowest BCUT2D eigenvalue weighted by Gasteiger charge is -2.22. The monoisotopic (exact) mass is 332 g/mol. The summed E-state index contributed by atoms with van der Waals surface area (Å²) in [5, 5.41) is 0.346. The van der Waals surface area contributed by atoms with Crippen molar-refractivity contribution in [1.82, 2.24) is 9.88 Å². The maximum atomic E-state index is 12.7. The summed E-state index contributed by atoms with van der Waals surface area (Å²) in [6, 6.07) is 9.47. The molecule has 0 atom stereocenters. The van der Waals surface area contributed by atoms with Gasteiger partial charge in [-0.1, -0.05) is 54.8 Å². The number of rotatable bonds is 6. The molecule has 1 N–H and O–H groups in total. The molecule has 1 aromatic heterocycles. The number of aromatic nitrogens is 1. The Morgan fingerprint density at radius 2 is 1.96 bits per heavy atom. The Kier molecular flexibility index (Phi) is 5.99. The third-order valence-corrected chi connectivity index (χ3v) is 3.88. The van der Waals surface area contributed by atoms with Crippen LogP contribution >= 0.6 is 11.6 Å². The van der Waals surface area contributed by atoms with Gasteiger partial charge in [0.25, 0.3) is 11.5 Å². The SMILES string of the molecule is CCCCN(Cc1ccc(C)cc1)C(=O)c1cc(Cl)c[nH]c1=O. The van der Waals surface area contributed by atoms with E-state index in [-0.39, 0.29) is 11.5 Å². The van der Waals surface area contributed by atoms with Crippen molar-refractivity contribution in [3.8, 4) is 0 Å². The molecule has 4 nitrogen and oxygen atoms in total. The second-order valence-corrected chi connectivity index (χ2v) is 6.06. The van der Waals surface area contributed by atoms with E-state index >= 15 is 0 Å². The molecule has 0 spiro atoms. The van der Waals surface area contributed by atoms with Crippen LogP contribution in [0.4, 0.5) is 0 Å². The fourth-order valence-corrected chi connectivity index (χ4v) is 2.47. The van der Waals surface area contributed by atoms with Crippen molar-refractivity contribution < 1.29 is 4.79 Å². The number of H-pyrrole nitrogens is 1. The van der Waals surface area contributed by atoms with E-state index in [0.717, 1.165) is 18.4 Å². The Morgan fingerprint density at radius 1 is 1.26 bits per heavy atom. The fourth-order valence-electron chi connectivity index (χ4n) is 2.30. The van der Waals surface area contributed by atoms with Crippen molar-refractivity contribution in [2.24, 2.45) is 0 Å². The topological polar surface area (TPSA) is 53.2 Å². The highest BCUT2D eigenvalue weighted by Crippen LogP contribution is 2.13. The molecule has 2 rings (SSSR count). The molecular weight excluding hydrogens is 312 g/mol. The van der Waals surface area contributed by atoms with Gasteiger partial charge in [-0.15, -0.1) is 0 Å². The number of aryl methyl sites for hydroxylation is 1. The fraction of sp³-hybridized carbons (Fsp3) is 0.333. The summed E-state index contributed by atoms with van der Waals surface area (Å²) in [5.74, 6) is -0.289. The van der Waals surface area contributed by atoms with Gasteiger partial charge in [-0.25, -0.2) is 0 Å². The van der Waals surface area contributed by atoms with E-state index in [2.05, 4.69) is 11.9 Å². The molecule has 0 aliphatic carbocycles. The van der Waals surface area contributed by atoms with E-state index in [0.29, 0.717) is 18.1 Å². The minimum absolute atomic E-state index is 0.0840. The number of unbranched alkanes of at least 4 members (excludes halogenated alkanes) is 1. The van der Waals surface area contributed by atoms with Gasteiger partial charge in [-0.2, -0.15) is 0 Å². The third-order valence-electron chi connectivity index (χ3n) is 3.66. The summed E-state index contributed by atoms with van der Waals surface area (Å²) in [6.45, 7) is 5.18. The molecule has 23 heavy (non-hydrogen) atoms. The maximum Gasteiger partial charge on any atom is 0.260 e. The number of carbonyl (C=O) groups is 1. The highest BCUT2D eigenvalue weighted by Gasteiger charge is 2.19. The molecule has 0 aliphatic heterocycles. The van der Waals surface area contributed by atoms with Crippen molar-refractivity contribution in [2.75, 3.05) is 6.54 Å². The average Bonchev–Trinajstić information content (AvgIpc) is 2.55. The van der Waals surface area contributed by atoms with Crippen molar-refractivity contribution in [1.29, 1.82) is 0 Å². The van der Waals surface area contributed by atoms with Gasteiger partial charge in [0.2, 0.25) is 0 Å². The predicted octanol–water partition coefficient (Wildman–Crippen LogP) is 3.78. The normalized spacial score (nSPS) is 10.6. The number of halogens is 1. The standard InChI is InChI=1S/C18H21ClN2O2/c1-3-4-9-21(12-14-7-5-13(2)6-8-14)18(23)16-10-15(19)11-20-17(16)22/h5-8,10-11H,3-4,9,12H2,1-2H3,(H,20,22). The van der Waals surface area contributed by atoms with Crippen molar-refractivity contribution in [3.05, 3.63) is 68.6 Å². The Hall–Kier alpha value is -2.07. The van der Waals surface area contributed by atoms with E-state index in [1.807, 2.05) is 31.2 Å². The lowest BCUT2D eigenvalue weighted by molar-refractivity contribution is 0.0739. The van der Waals surface area contributed by atoms with Crippen molar-refractivity contribution in [2.45, 2.75) is 33.2 Å². The molecule has 122 valence electrons. The molecule has 5 heteroatoms. The molecule has 0 fully saturated rings. The molecule has 0 radical (unpaired) electrons. The van der Waals surface area contributed by atoms with Gasteiger partial charge in [-0.3, -0.25) is 9.59 Å². The van der Waals surface area contributed by atoms with Gasteiger partial charge >= 0.3 is 0 Å². The number of amides is 1. The van der Waals surface area contributed by atoms with Crippen LogP contribution in [0.1, 0.15) is 41.3 Å². The van der Waals surface area contributed by atoms with Crippen LogP contribution in [-0.2, 0) is 6.54 Å². The first-order valence-corrected chi connectivity index (χ1v) is 8.12. The average molecular weight is 333 g/mol. The number of hydrogen-bond acceptors (Lipinski definition) is 2. The highest BCUT2D eigenvalue weighted by atomic mass is 35.5. The minimum atomic E-state index is -0.412. The van der Waals surface area contributed by atoms with Crippen LogP contribution in [-0.4, -0.2) is 22.3 Å². The van der Waals surface area contributed by atoms with Crippen LogP contribution in [0.5, 0.6) is 0 Å². The molecule has 0 saturated carbocycles. The lowest BCUT2D eigenvalue weighted by Crippen LogP contribution is -2.35. The van der Waals surface area contributed by atoms with Crippen LogP contribution in [0.25, 0.3) is 0 Å². The maximum absolute atomic E-state index is 12.7. The number of pyridine rings is 1. The predicted molar refractivity (Wildman–Crippen MR) is 92.9 cm³/mol. The molecule has 0 saturated heterocycles. The first-order chi connectivity index (χ1) is 11.0. The molecular formula is C18H21ClN2O2. The molecule has 1 amide bonds. The Morgan fingerprint density at radius 3 is 2.61 bits per heavy atom. The smallest absolute Gasteiger partial charge is 0.260 e. The van der Waals surface area contributed by atoms with E-state index in [4.69, 9.17) is 11.6 Å². The quantitative estimate of drug-likeness (QED) is 0.875. The summed E-state index contributed by atoms with van der Waals surface area (Å²) in [5.41, 5.74) is 1.88. The molecule has 1 heterocycles. The van der Waals surface area contributed by atoms with Gasteiger partial charge in [-0.05, 0) is 25.0 Å². The van der Waals surface area contributed by atoms with Gasteiger partial charge in [0.15, 0.2) is 0 Å². The number of nitrogens with zero attached hydrogens (tertiary/aromatic N) is 1. The number of aromatic amines is 1. The number of hydrogen-bond donors (Lipinski definition) is 1. The molecule has 0 aliphatic rings. The van der Waals surface area contributed by atoms with Crippen LogP contribution in [0.15, 0.2) is 41.3 Å². The Balaban J connectivity index is 2.26.